The number of amides is 1. The molecule has 1 N–H and O–H groups in total. The van der Waals surface area contributed by atoms with Gasteiger partial charge in [-0.15, -0.1) is 0 Å². The van der Waals surface area contributed by atoms with Crippen LogP contribution in [0.4, 0.5) is 10.6 Å². The number of anilines is 1. The number of carbonyl (C=O) groups is 1. The van der Waals surface area contributed by atoms with Gasteiger partial charge in [0, 0.05) is 68.4 Å². The summed E-state index contributed by atoms with van der Waals surface area (Å²) in [4.78, 5) is 18.9. The molecule has 1 aromatic rings. The number of aryl methyl sites for hydroxylation is 1. The van der Waals surface area contributed by atoms with Crippen LogP contribution in [0.15, 0.2) is 6.07 Å². The standard InChI is InChI=1S/C27H45N5O4/c1-20-13-22(31-8-7-27(34,16-25(31,5)6)19-29-9-11-35-12-10-29)28-32(20)21-14-26(15-21)17-30(18-26)23(33)36-24(2,3)4/h13,21,34H,7-12,14-19H2,1-6H3. The molecule has 36 heavy (non-hydrogen) atoms. The van der Waals surface area contributed by atoms with Crippen molar-refractivity contribution in [3.63, 3.8) is 0 Å². The van der Waals surface area contributed by atoms with E-state index in [9.17, 15) is 9.90 Å². The average molecular weight is 504 g/mol. The second-order valence-electron chi connectivity index (χ2n) is 13.5. The number of morpholine rings is 1. The number of aromatic nitrogens is 2. The molecule has 1 spiro atoms. The summed E-state index contributed by atoms with van der Waals surface area (Å²) in [5.74, 6) is 1.01. The van der Waals surface area contributed by atoms with E-state index in [1.807, 2.05) is 25.7 Å². The SMILES string of the molecule is Cc1cc(N2CCC(O)(CN3CCOCC3)CC2(C)C)nn1C1CC2(C1)CN(C(=O)OC(C)(C)C)C2. The normalized spacial score (nSPS) is 28.6. The molecule has 1 amide bonds. The number of likely N-dealkylation sites (tertiary alicyclic amines) is 1. The number of nitrogens with zero attached hydrogens (tertiary/aromatic N) is 5. The van der Waals surface area contributed by atoms with Crippen molar-refractivity contribution >= 4 is 11.9 Å². The van der Waals surface area contributed by atoms with Crippen LogP contribution in [-0.4, -0.2) is 100 Å². The first kappa shape index (κ1) is 25.8. The molecule has 0 radical (unpaired) electrons. The van der Waals surface area contributed by atoms with Gasteiger partial charge in [0.1, 0.15) is 5.60 Å². The number of hydrogen-bond donors (Lipinski definition) is 1. The van der Waals surface area contributed by atoms with E-state index in [-0.39, 0.29) is 17.0 Å². The number of rotatable bonds is 4. The maximum Gasteiger partial charge on any atom is 0.410 e. The minimum absolute atomic E-state index is 0.187. The van der Waals surface area contributed by atoms with Crippen LogP contribution in [-0.2, 0) is 9.47 Å². The summed E-state index contributed by atoms with van der Waals surface area (Å²) >= 11 is 0. The summed E-state index contributed by atoms with van der Waals surface area (Å²) in [5, 5.41) is 16.5. The third kappa shape index (κ3) is 5.11. The molecule has 1 saturated carbocycles. The summed E-state index contributed by atoms with van der Waals surface area (Å²) in [6.07, 6.45) is 3.37. The molecule has 0 aromatic carbocycles. The largest absolute Gasteiger partial charge is 0.444 e. The highest BCUT2D eigenvalue weighted by Crippen LogP contribution is 2.54. The summed E-state index contributed by atoms with van der Waals surface area (Å²) in [7, 11) is 0. The Bertz CT molecular complexity index is 965. The molecule has 9 heteroatoms. The molecular weight excluding hydrogens is 458 g/mol. The number of carbonyl (C=O) groups excluding carboxylic acids is 1. The van der Waals surface area contributed by atoms with Crippen LogP contribution in [0.5, 0.6) is 0 Å². The highest BCUT2D eigenvalue weighted by Gasteiger charge is 2.55. The van der Waals surface area contributed by atoms with Crippen molar-refractivity contribution in [2.75, 3.05) is 57.4 Å². The van der Waals surface area contributed by atoms with Crippen LogP contribution in [0, 0.1) is 12.3 Å². The van der Waals surface area contributed by atoms with Crippen LogP contribution >= 0.6 is 0 Å². The van der Waals surface area contributed by atoms with Gasteiger partial charge in [0.05, 0.1) is 24.9 Å². The minimum Gasteiger partial charge on any atom is -0.444 e. The monoisotopic (exact) mass is 503 g/mol. The number of aliphatic hydroxyl groups is 1. The van der Waals surface area contributed by atoms with Gasteiger partial charge in [-0.2, -0.15) is 5.10 Å². The second-order valence-corrected chi connectivity index (χ2v) is 13.5. The van der Waals surface area contributed by atoms with E-state index < -0.39 is 11.2 Å². The van der Waals surface area contributed by atoms with Gasteiger partial charge in [0.25, 0.3) is 0 Å². The van der Waals surface area contributed by atoms with Gasteiger partial charge in [-0.3, -0.25) is 9.58 Å². The Hall–Kier alpha value is -1.84. The third-order valence-corrected chi connectivity index (χ3v) is 8.49. The first-order valence-electron chi connectivity index (χ1n) is 13.6. The second kappa shape index (κ2) is 8.88. The van der Waals surface area contributed by atoms with Crippen LogP contribution < -0.4 is 4.90 Å². The maximum atomic E-state index is 12.3. The van der Waals surface area contributed by atoms with E-state index in [0.29, 0.717) is 12.6 Å². The number of β-amino-alcohol motifs (C(OH)–C–C–N with tert-alkyl or cyclic N) is 1. The van der Waals surface area contributed by atoms with Crippen molar-refractivity contribution in [1.82, 2.24) is 19.6 Å². The Labute approximate surface area is 215 Å². The lowest BCUT2D eigenvalue weighted by molar-refractivity contribution is -0.0931. The van der Waals surface area contributed by atoms with Crippen molar-refractivity contribution in [1.29, 1.82) is 0 Å². The van der Waals surface area contributed by atoms with E-state index in [2.05, 4.69) is 41.3 Å². The first-order chi connectivity index (χ1) is 16.8. The Balaban J connectivity index is 1.18. The molecule has 5 rings (SSSR count). The summed E-state index contributed by atoms with van der Waals surface area (Å²) in [6.45, 7) is 18.7. The molecule has 0 bridgehead atoms. The Morgan fingerprint density at radius 1 is 1.19 bits per heavy atom. The predicted molar refractivity (Wildman–Crippen MR) is 138 cm³/mol. The summed E-state index contributed by atoms with van der Waals surface area (Å²) < 4.78 is 13.2. The molecule has 3 aliphatic heterocycles. The van der Waals surface area contributed by atoms with Crippen molar-refractivity contribution in [3.8, 4) is 0 Å². The van der Waals surface area contributed by atoms with Gasteiger partial charge >= 0.3 is 6.09 Å². The fourth-order valence-electron chi connectivity index (χ4n) is 6.91. The van der Waals surface area contributed by atoms with Crippen LogP contribution in [0.2, 0.25) is 0 Å². The molecule has 202 valence electrons. The Morgan fingerprint density at radius 2 is 1.86 bits per heavy atom. The third-order valence-electron chi connectivity index (χ3n) is 8.49. The first-order valence-corrected chi connectivity index (χ1v) is 13.6. The predicted octanol–water partition coefficient (Wildman–Crippen LogP) is 3.21. The summed E-state index contributed by atoms with van der Waals surface area (Å²) in [5.41, 5.74) is 0.0803. The quantitative estimate of drug-likeness (QED) is 0.676. The van der Waals surface area contributed by atoms with Gasteiger partial charge in [-0.05, 0) is 60.8 Å². The zero-order chi connectivity index (χ0) is 25.9. The molecule has 4 aliphatic rings. The van der Waals surface area contributed by atoms with E-state index >= 15 is 0 Å². The molecule has 9 nitrogen and oxygen atoms in total. The van der Waals surface area contributed by atoms with Crippen molar-refractivity contribution < 1.29 is 19.4 Å². The highest BCUT2D eigenvalue weighted by atomic mass is 16.6. The number of ether oxygens (including phenoxy) is 2. The fraction of sp³-hybridized carbons (Fsp3) is 0.852. The molecule has 1 atom stereocenters. The maximum absolute atomic E-state index is 12.3. The zero-order valence-electron chi connectivity index (χ0n) is 23.0. The van der Waals surface area contributed by atoms with E-state index in [4.69, 9.17) is 14.6 Å². The molecule has 1 aliphatic carbocycles. The van der Waals surface area contributed by atoms with Gasteiger partial charge < -0.3 is 24.4 Å². The van der Waals surface area contributed by atoms with E-state index in [1.54, 1.807) is 0 Å². The lowest BCUT2D eigenvalue weighted by Gasteiger charge is -2.58. The molecule has 4 heterocycles. The Morgan fingerprint density at radius 3 is 2.47 bits per heavy atom. The van der Waals surface area contributed by atoms with Crippen molar-refractivity contribution in [2.24, 2.45) is 5.41 Å². The molecule has 3 saturated heterocycles. The fourth-order valence-corrected chi connectivity index (χ4v) is 6.91. The molecular formula is C27H45N5O4. The zero-order valence-corrected chi connectivity index (χ0v) is 23.0. The van der Waals surface area contributed by atoms with Gasteiger partial charge in [-0.1, -0.05) is 0 Å². The van der Waals surface area contributed by atoms with Crippen molar-refractivity contribution in [2.45, 2.75) is 90.0 Å². The molecule has 1 aromatic heterocycles. The highest BCUT2D eigenvalue weighted by molar-refractivity contribution is 5.69. The summed E-state index contributed by atoms with van der Waals surface area (Å²) in [6, 6.07) is 2.58. The Kier molecular flexibility index (Phi) is 6.36. The van der Waals surface area contributed by atoms with Crippen LogP contribution in [0.3, 0.4) is 0 Å². The van der Waals surface area contributed by atoms with Gasteiger partial charge in [0.15, 0.2) is 5.82 Å². The topological polar surface area (TPSA) is 83.3 Å². The van der Waals surface area contributed by atoms with Crippen molar-refractivity contribution in [3.05, 3.63) is 11.8 Å². The van der Waals surface area contributed by atoms with Crippen LogP contribution in [0.25, 0.3) is 0 Å². The molecule has 4 fully saturated rings. The number of piperidine rings is 1. The van der Waals surface area contributed by atoms with Crippen LogP contribution in [0.1, 0.15) is 72.0 Å². The lowest BCUT2D eigenvalue weighted by atomic mass is 9.61. The molecule has 1 unspecified atom stereocenters. The lowest BCUT2D eigenvalue weighted by Crippen LogP contribution is -2.64. The van der Waals surface area contributed by atoms with E-state index in [0.717, 1.165) is 77.4 Å². The van der Waals surface area contributed by atoms with E-state index in [1.165, 1.54) is 5.69 Å². The van der Waals surface area contributed by atoms with Gasteiger partial charge in [0.2, 0.25) is 0 Å². The minimum atomic E-state index is -0.681. The average Bonchev–Trinajstić information content (AvgIpc) is 3.05. The van der Waals surface area contributed by atoms with Gasteiger partial charge in [-0.25, -0.2) is 4.79 Å². The smallest absolute Gasteiger partial charge is 0.410 e. The number of hydrogen-bond acceptors (Lipinski definition) is 7.